The van der Waals surface area contributed by atoms with Crippen molar-refractivity contribution in [1.82, 2.24) is 0 Å². The van der Waals surface area contributed by atoms with Gasteiger partial charge in [0.1, 0.15) is 6.04 Å². The third-order valence-electron chi connectivity index (χ3n) is 1.05. The average molecular weight is 233 g/mol. The fourth-order valence-corrected chi connectivity index (χ4v) is 0.456. The minimum atomic E-state index is -1.05. The lowest BCUT2D eigenvalue weighted by molar-refractivity contribution is -0.138. The highest BCUT2D eigenvalue weighted by Crippen LogP contribution is 1.87. The van der Waals surface area contributed by atoms with Gasteiger partial charge in [0.2, 0.25) is 0 Å². The van der Waals surface area contributed by atoms with Gasteiger partial charge >= 0.3 is 5.97 Å². The second-order valence-electron chi connectivity index (χ2n) is 2.04. The van der Waals surface area contributed by atoms with Crippen LogP contribution in [0.25, 0.3) is 0 Å². The fourth-order valence-electron chi connectivity index (χ4n) is 0.456. The van der Waals surface area contributed by atoms with E-state index in [1.807, 2.05) is 0 Å². The van der Waals surface area contributed by atoms with Gasteiger partial charge in [-0.15, -0.1) is 24.8 Å². The lowest BCUT2D eigenvalue weighted by Crippen LogP contribution is -2.31. The van der Waals surface area contributed by atoms with E-state index in [1.165, 1.54) is 0 Å². The molecule has 0 aliphatic rings. The summed E-state index contributed by atoms with van der Waals surface area (Å²) in [5.74, 6) is -1.10. The molecule has 0 rings (SSSR count). The number of carboxylic acids is 1. The van der Waals surface area contributed by atoms with Crippen molar-refractivity contribution in [3.05, 3.63) is 0 Å². The van der Waals surface area contributed by atoms with E-state index in [0.717, 1.165) is 0 Å². The lowest BCUT2D eigenvalue weighted by Gasteiger charge is -2.02. The predicted molar refractivity (Wildman–Crippen MR) is 55.4 cm³/mol. The van der Waals surface area contributed by atoms with Gasteiger partial charge in [0.05, 0.1) is 0 Å². The number of nitrogens with zero attached hydrogens (tertiary/aromatic N) is 1. The molecule has 0 aliphatic carbocycles. The molecule has 6 nitrogen and oxygen atoms in total. The molecular weight excluding hydrogens is 219 g/mol. The SMILES string of the molecule is Cl.Cl.NC(N)=NCC[C@H](N)C(=O)O. The quantitative estimate of drug-likeness (QED) is 0.362. The largest absolute Gasteiger partial charge is 0.480 e. The molecule has 0 saturated heterocycles. The van der Waals surface area contributed by atoms with Crippen molar-refractivity contribution in [1.29, 1.82) is 0 Å². The highest BCUT2D eigenvalue weighted by atomic mass is 35.5. The molecule has 0 unspecified atom stereocenters. The molecule has 0 spiro atoms. The molecule has 0 aromatic carbocycles. The summed E-state index contributed by atoms with van der Waals surface area (Å²) < 4.78 is 0. The Kier molecular flexibility index (Phi) is 13.1. The van der Waals surface area contributed by atoms with Crippen LogP contribution in [0, 0.1) is 0 Å². The number of rotatable bonds is 4. The van der Waals surface area contributed by atoms with E-state index in [9.17, 15) is 4.79 Å². The Balaban J connectivity index is -0.000000500. The first-order valence-corrected chi connectivity index (χ1v) is 3.08. The Bertz CT molecular complexity index is 172. The number of carbonyl (C=O) groups is 1. The van der Waals surface area contributed by atoms with Gasteiger partial charge in [0, 0.05) is 6.54 Å². The van der Waals surface area contributed by atoms with Gasteiger partial charge in [0.15, 0.2) is 5.96 Å². The summed E-state index contributed by atoms with van der Waals surface area (Å²) >= 11 is 0. The van der Waals surface area contributed by atoms with Gasteiger partial charge in [-0.25, -0.2) is 0 Å². The summed E-state index contributed by atoms with van der Waals surface area (Å²) in [5, 5.41) is 8.31. The van der Waals surface area contributed by atoms with Crippen LogP contribution in [0.15, 0.2) is 4.99 Å². The fraction of sp³-hybridized carbons (Fsp3) is 0.600. The van der Waals surface area contributed by atoms with Crippen molar-refractivity contribution < 1.29 is 9.90 Å². The smallest absolute Gasteiger partial charge is 0.320 e. The average Bonchev–Trinajstić information content (AvgIpc) is 1.86. The minimum Gasteiger partial charge on any atom is -0.480 e. The Morgan fingerprint density at radius 3 is 2.15 bits per heavy atom. The lowest BCUT2D eigenvalue weighted by atomic mass is 10.2. The van der Waals surface area contributed by atoms with Crippen molar-refractivity contribution in [2.75, 3.05) is 6.54 Å². The van der Waals surface area contributed by atoms with Crippen LogP contribution >= 0.6 is 24.8 Å². The zero-order valence-corrected chi connectivity index (χ0v) is 8.48. The number of aliphatic carboxylic acids is 1. The van der Waals surface area contributed by atoms with Crippen LogP contribution in [0.5, 0.6) is 0 Å². The van der Waals surface area contributed by atoms with Crippen molar-refractivity contribution in [3.63, 3.8) is 0 Å². The van der Waals surface area contributed by atoms with Crippen LogP contribution in [0.1, 0.15) is 6.42 Å². The van der Waals surface area contributed by atoms with Gasteiger partial charge < -0.3 is 22.3 Å². The van der Waals surface area contributed by atoms with E-state index in [2.05, 4.69) is 4.99 Å². The third-order valence-corrected chi connectivity index (χ3v) is 1.05. The number of nitrogens with two attached hydrogens (primary N) is 3. The van der Waals surface area contributed by atoms with Crippen LogP contribution in [-0.4, -0.2) is 29.6 Å². The highest BCUT2D eigenvalue weighted by Gasteiger charge is 2.09. The van der Waals surface area contributed by atoms with Gasteiger partial charge in [0.25, 0.3) is 0 Å². The maximum atomic E-state index is 10.1. The zero-order chi connectivity index (χ0) is 8.85. The summed E-state index contributed by atoms with van der Waals surface area (Å²) in [6.45, 7) is 0.246. The number of carboxylic acid groups (broad SMARTS) is 1. The molecule has 0 aromatic rings. The Labute approximate surface area is 88.4 Å². The van der Waals surface area contributed by atoms with Crippen molar-refractivity contribution in [3.8, 4) is 0 Å². The number of hydrogen-bond acceptors (Lipinski definition) is 3. The van der Waals surface area contributed by atoms with Crippen LogP contribution in [0.4, 0.5) is 0 Å². The molecule has 0 bridgehead atoms. The second kappa shape index (κ2) is 9.37. The van der Waals surface area contributed by atoms with E-state index in [4.69, 9.17) is 22.3 Å². The Morgan fingerprint density at radius 2 is 1.85 bits per heavy atom. The molecule has 0 fully saturated rings. The molecule has 0 heterocycles. The zero-order valence-electron chi connectivity index (χ0n) is 6.84. The molecule has 0 saturated carbocycles. The number of aliphatic imine (C=N–C) groups is 1. The molecule has 0 amide bonds. The predicted octanol–water partition coefficient (Wildman–Crippen LogP) is -1.09. The minimum absolute atomic E-state index is 0. The Hall–Kier alpha value is -0.720. The van der Waals surface area contributed by atoms with Gasteiger partial charge in [-0.05, 0) is 6.42 Å². The standard InChI is InChI=1S/C5H12N4O2.2ClH/c6-3(4(10)11)1-2-9-5(7)8;;/h3H,1-2,6H2,(H,10,11)(H4,7,8,9);2*1H/t3-;;/m0../s1. The van der Waals surface area contributed by atoms with Crippen LogP contribution in [-0.2, 0) is 4.79 Å². The summed E-state index contributed by atoms with van der Waals surface area (Å²) in [4.78, 5) is 13.7. The maximum Gasteiger partial charge on any atom is 0.320 e. The topological polar surface area (TPSA) is 128 Å². The number of guanidine groups is 1. The van der Waals surface area contributed by atoms with Gasteiger partial charge in [-0.1, -0.05) is 0 Å². The number of halogens is 2. The molecule has 7 N–H and O–H groups in total. The van der Waals surface area contributed by atoms with E-state index in [0.29, 0.717) is 0 Å². The molecule has 1 atom stereocenters. The summed E-state index contributed by atoms with van der Waals surface area (Å²) in [6.07, 6.45) is 0.243. The van der Waals surface area contributed by atoms with Crippen LogP contribution < -0.4 is 17.2 Å². The first kappa shape index (κ1) is 18.1. The molecule has 13 heavy (non-hydrogen) atoms. The molecule has 0 aromatic heterocycles. The van der Waals surface area contributed by atoms with Crippen molar-refractivity contribution >= 4 is 36.7 Å². The summed E-state index contributed by atoms with van der Waals surface area (Å²) in [5.41, 5.74) is 15.1. The monoisotopic (exact) mass is 232 g/mol. The summed E-state index contributed by atoms with van der Waals surface area (Å²) in [7, 11) is 0. The molecule has 0 aliphatic heterocycles. The second-order valence-corrected chi connectivity index (χ2v) is 2.04. The molecule has 0 radical (unpaired) electrons. The van der Waals surface area contributed by atoms with Crippen LogP contribution in [0.3, 0.4) is 0 Å². The maximum absolute atomic E-state index is 10.1. The normalized spacial score (nSPS) is 10.2. The molecule has 8 heteroatoms. The van der Waals surface area contributed by atoms with Gasteiger partial charge in [-0.2, -0.15) is 0 Å². The van der Waals surface area contributed by atoms with Crippen molar-refractivity contribution in [2.45, 2.75) is 12.5 Å². The summed E-state index contributed by atoms with van der Waals surface area (Å²) in [6, 6.07) is -0.891. The van der Waals surface area contributed by atoms with Gasteiger partial charge in [-0.3, -0.25) is 9.79 Å². The van der Waals surface area contributed by atoms with E-state index >= 15 is 0 Å². The molecular formula is C5H14Cl2N4O2. The van der Waals surface area contributed by atoms with E-state index < -0.39 is 12.0 Å². The third kappa shape index (κ3) is 11.3. The first-order valence-electron chi connectivity index (χ1n) is 3.08. The van der Waals surface area contributed by atoms with Crippen LogP contribution in [0.2, 0.25) is 0 Å². The van der Waals surface area contributed by atoms with E-state index in [1.54, 1.807) is 0 Å². The van der Waals surface area contributed by atoms with Crippen molar-refractivity contribution in [2.24, 2.45) is 22.2 Å². The Morgan fingerprint density at radius 1 is 1.38 bits per heavy atom. The first-order chi connectivity index (χ1) is 5.04. The number of hydrogen-bond donors (Lipinski definition) is 4. The molecule has 80 valence electrons. The van der Waals surface area contributed by atoms with E-state index in [-0.39, 0.29) is 43.7 Å². The highest BCUT2D eigenvalue weighted by molar-refractivity contribution is 5.85.